The first-order chi connectivity index (χ1) is 32.0. The summed E-state index contributed by atoms with van der Waals surface area (Å²) in [5.41, 5.74) is 13.7. The average molecular weight is 879 g/mol. The Balaban J connectivity index is 1.09. The molecule has 7 aromatic carbocycles. The fraction of sp³-hybridized carbons (Fsp3) is 0.242. The van der Waals surface area contributed by atoms with Crippen molar-refractivity contribution in [3.05, 3.63) is 216 Å². The Morgan fingerprint density at radius 1 is 0.403 bits per heavy atom. The van der Waals surface area contributed by atoms with Crippen LogP contribution in [0, 0.1) is 0 Å². The molecule has 9 aromatic rings. The zero-order chi connectivity index (χ0) is 46.9. The van der Waals surface area contributed by atoms with Gasteiger partial charge in [-0.15, -0.1) is 0 Å². The largest absolute Gasteiger partial charge is 0.457 e. The predicted molar refractivity (Wildman–Crippen MR) is 282 cm³/mol. The molecule has 67 heavy (non-hydrogen) atoms. The van der Waals surface area contributed by atoms with Crippen LogP contribution in [0.15, 0.2) is 182 Å². The molecule has 0 saturated heterocycles. The van der Waals surface area contributed by atoms with Crippen LogP contribution in [0.2, 0.25) is 0 Å². The van der Waals surface area contributed by atoms with E-state index in [4.69, 9.17) is 9.72 Å². The van der Waals surface area contributed by atoms with Crippen molar-refractivity contribution in [2.45, 2.75) is 90.9 Å². The lowest BCUT2D eigenvalue weighted by atomic mass is 9.78. The van der Waals surface area contributed by atoms with E-state index in [0.29, 0.717) is 6.67 Å². The molecule has 2 aromatic heterocycles. The lowest BCUT2D eigenvalue weighted by Gasteiger charge is -2.27. The van der Waals surface area contributed by atoms with Gasteiger partial charge in [0.2, 0.25) is 0 Å². The molecule has 0 aliphatic carbocycles. The molecular weight excluding hydrogens is 817 g/mol. The summed E-state index contributed by atoms with van der Waals surface area (Å²) in [6.07, 6.45) is 1.96. The molecular formula is C62H62N4O. The number of hydrogen-bond acceptors (Lipinski definition) is 4. The minimum absolute atomic E-state index is 0.0433. The molecule has 336 valence electrons. The van der Waals surface area contributed by atoms with Gasteiger partial charge in [-0.25, -0.2) is 4.98 Å². The maximum atomic E-state index is 7.06. The van der Waals surface area contributed by atoms with Gasteiger partial charge in [-0.3, -0.25) is 4.57 Å². The molecule has 0 radical (unpaired) electrons. The molecule has 5 nitrogen and oxygen atoms in total. The van der Waals surface area contributed by atoms with Crippen LogP contribution in [0.3, 0.4) is 0 Å². The van der Waals surface area contributed by atoms with Crippen molar-refractivity contribution in [3.63, 3.8) is 0 Å². The molecule has 0 fully saturated rings. The Kier molecular flexibility index (Phi) is 10.7. The van der Waals surface area contributed by atoms with Crippen molar-refractivity contribution in [1.29, 1.82) is 0 Å². The number of para-hydroxylation sites is 2. The van der Waals surface area contributed by atoms with Crippen LogP contribution in [-0.4, -0.2) is 16.2 Å². The van der Waals surface area contributed by atoms with E-state index in [2.05, 4.69) is 260 Å². The number of nitrogens with zero attached hydrogens (tertiary/aromatic N) is 4. The third kappa shape index (κ3) is 8.05. The van der Waals surface area contributed by atoms with Gasteiger partial charge in [0.25, 0.3) is 0 Å². The molecule has 10 rings (SSSR count). The maximum absolute atomic E-state index is 7.06. The number of pyridine rings is 1. The summed E-state index contributed by atoms with van der Waals surface area (Å²) in [7, 11) is 0. The van der Waals surface area contributed by atoms with Gasteiger partial charge in [0.1, 0.15) is 24.0 Å². The SMILES string of the molecule is CC(C)(C)c1cccc(N2CN(c3cc(Oc4ccc5c6ccc(C(C)(C)c7ccccc7)cc6n(-c6cc(C(C)(C)c7ccccc7)ccn6)c5c4)cc(C(C)(C)C)c3)c3ccccc32)c1. The summed E-state index contributed by atoms with van der Waals surface area (Å²) < 4.78 is 9.40. The number of hydrogen-bond donors (Lipinski definition) is 0. The van der Waals surface area contributed by atoms with Crippen molar-refractivity contribution in [2.75, 3.05) is 16.5 Å². The number of rotatable bonds is 9. The van der Waals surface area contributed by atoms with Crippen molar-refractivity contribution in [3.8, 4) is 17.3 Å². The van der Waals surface area contributed by atoms with Gasteiger partial charge in [0, 0.05) is 51.3 Å². The summed E-state index contributed by atoms with van der Waals surface area (Å²) in [5.74, 6) is 2.43. The number of ether oxygens (including phenoxy) is 1. The standard InChI is InChI=1S/C62H62N4O/c1-59(2,3)44-24-19-25-48(34-44)64-41-65(55-27-18-17-26-54(55)64)49-35-47(60(4,5)6)36-51(39-49)67-50-29-31-53-52-30-28-45(61(7,8)42-20-13-11-14-21-42)37-56(52)66(57(53)40-50)58-38-46(32-33-63-58)62(9,10)43-22-15-12-16-23-43/h11-40H,41H2,1-10H3. The van der Waals surface area contributed by atoms with E-state index >= 15 is 0 Å². The summed E-state index contributed by atoms with van der Waals surface area (Å²) in [5, 5.41) is 2.32. The second-order valence-corrected chi connectivity index (χ2v) is 21.5. The van der Waals surface area contributed by atoms with Crippen LogP contribution in [0.5, 0.6) is 11.5 Å². The first kappa shape index (κ1) is 43.8. The van der Waals surface area contributed by atoms with E-state index < -0.39 is 0 Å². The smallest absolute Gasteiger partial charge is 0.137 e. The topological polar surface area (TPSA) is 33.5 Å². The maximum Gasteiger partial charge on any atom is 0.137 e. The second-order valence-electron chi connectivity index (χ2n) is 21.5. The summed E-state index contributed by atoms with van der Waals surface area (Å²) in [6.45, 7) is 23.5. The van der Waals surface area contributed by atoms with Gasteiger partial charge < -0.3 is 14.5 Å². The molecule has 5 heteroatoms. The van der Waals surface area contributed by atoms with Gasteiger partial charge >= 0.3 is 0 Å². The molecule has 3 heterocycles. The van der Waals surface area contributed by atoms with E-state index in [1.54, 1.807) is 0 Å². The molecule has 0 spiro atoms. The number of aromatic nitrogens is 2. The molecule has 1 aliphatic heterocycles. The highest BCUT2D eigenvalue weighted by atomic mass is 16.5. The van der Waals surface area contributed by atoms with Crippen LogP contribution in [0.4, 0.5) is 22.7 Å². The average Bonchev–Trinajstić information content (AvgIpc) is 3.87. The van der Waals surface area contributed by atoms with E-state index in [1.807, 2.05) is 6.20 Å². The minimum atomic E-state index is -0.244. The Labute approximate surface area is 397 Å². The van der Waals surface area contributed by atoms with Crippen LogP contribution >= 0.6 is 0 Å². The van der Waals surface area contributed by atoms with Gasteiger partial charge in [-0.2, -0.15) is 0 Å². The summed E-state index contributed by atoms with van der Waals surface area (Å²) in [6, 6.07) is 64.0. The Bertz CT molecular complexity index is 3280. The second kappa shape index (κ2) is 16.3. The van der Waals surface area contributed by atoms with Crippen LogP contribution < -0.4 is 14.5 Å². The van der Waals surface area contributed by atoms with Crippen molar-refractivity contribution in [1.82, 2.24) is 9.55 Å². The molecule has 0 bridgehead atoms. The monoisotopic (exact) mass is 878 g/mol. The van der Waals surface area contributed by atoms with E-state index in [9.17, 15) is 0 Å². The van der Waals surface area contributed by atoms with Crippen molar-refractivity contribution < 1.29 is 4.74 Å². The zero-order valence-electron chi connectivity index (χ0n) is 40.7. The molecule has 0 saturated carbocycles. The molecule has 0 amide bonds. The highest BCUT2D eigenvalue weighted by Gasteiger charge is 2.31. The first-order valence-electron chi connectivity index (χ1n) is 23.7. The van der Waals surface area contributed by atoms with Gasteiger partial charge in [0.15, 0.2) is 0 Å². The third-order valence-corrected chi connectivity index (χ3v) is 14.2. The number of fused-ring (bicyclic) bond motifs is 4. The molecule has 0 atom stereocenters. The lowest BCUT2D eigenvalue weighted by molar-refractivity contribution is 0.479. The molecule has 0 N–H and O–H groups in total. The Morgan fingerprint density at radius 3 is 1.57 bits per heavy atom. The Morgan fingerprint density at radius 2 is 0.940 bits per heavy atom. The third-order valence-electron chi connectivity index (χ3n) is 14.2. The highest BCUT2D eigenvalue weighted by Crippen LogP contribution is 2.47. The normalized spacial score (nSPS) is 13.4. The van der Waals surface area contributed by atoms with E-state index in [0.717, 1.165) is 39.4 Å². The van der Waals surface area contributed by atoms with Crippen LogP contribution in [0.1, 0.15) is 103 Å². The van der Waals surface area contributed by atoms with Crippen LogP contribution in [-0.2, 0) is 21.7 Å². The lowest BCUT2D eigenvalue weighted by Crippen LogP contribution is -2.25. The number of benzene rings is 7. The van der Waals surface area contributed by atoms with Gasteiger partial charge in [-0.1, -0.05) is 166 Å². The van der Waals surface area contributed by atoms with E-state index in [-0.39, 0.29) is 21.7 Å². The number of anilines is 4. The quantitative estimate of drug-likeness (QED) is 0.145. The van der Waals surface area contributed by atoms with Crippen molar-refractivity contribution >= 4 is 44.6 Å². The predicted octanol–water partition coefficient (Wildman–Crippen LogP) is 16.5. The first-order valence-corrected chi connectivity index (χ1v) is 23.7. The van der Waals surface area contributed by atoms with E-state index in [1.165, 1.54) is 55.8 Å². The summed E-state index contributed by atoms with van der Waals surface area (Å²) in [4.78, 5) is 9.97. The van der Waals surface area contributed by atoms with Gasteiger partial charge in [-0.05, 0) is 111 Å². The molecule has 0 unspecified atom stereocenters. The zero-order valence-corrected chi connectivity index (χ0v) is 40.7. The highest BCUT2D eigenvalue weighted by molar-refractivity contribution is 6.09. The fourth-order valence-electron chi connectivity index (χ4n) is 9.83. The minimum Gasteiger partial charge on any atom is -0.457 e. The summed E-state index contributed by atoms with van der Waals surface area (Å²) >= 11 is 0. The van der Waals surface area contributed by atoms with Gasteiger partial charge in [0.05, 0.1) is 22.4 Å². The molecule has 1 aliphatic rings. The fourth-order valence-corrected chi connectivity index (χ4v) is 9.83. The van der Waals surface area contributed by atoms with Crippen LogP contribution in [0.25, 0.3) is 27.6 Å². The Hall–Kier alpha value is -7.11. The van der Waals surface area contributed by atoms with Crippen molar-refractivity contribution in [2.24, 2.45) is 0 Å².